The molecule has 6 heteroatoms. The Hall–Kier alpha value is -2.34. The van der Waals surface area contributed by atoms with Gasteiger partial charge in [-0.05, 0) is 43.0 Å². The van der Waals surface area contributed by atoms with Crippen LogP contribution >= 0.6 is 0 Å². The highest BCUT2D eigenvalue weighted by Crippen LogP contribution is 2.24. The number of aliphatic hydroxyl groups is 1. The van der Waals surface area contributed by atoms with Crippen molar-refractivity contribution in [3.63, 3.8) is 0 Å². The van der Waals surface area contributed by atoms with Gasteiger partial charge in [-0.25, -0.2) is 4.79 Å². The summed E-state index contributed by atoms with van der Waals surface area (Å²) in [6.07, 6.45) is 6.40. The summed E-state index contributed by atoms with van der Waals surface area (Å²) in [5.74, 6) is 0.177. The summed E-state index contributed by atoms with van der Waals surface area (Å²) in [7, 11) is 0. The number of hydrogen-bond acceptors (Lipinski definition) is 3. The summed E-state index contributed by atoms with van der Waals surface area (Å²) >= 11 is 0. The van der Waals surface area contributed by atoms with Gasteiger partial charge >= 0.3 is 6.03 Å². The Kier molecular flexibility index (Phi) is 5.15. The molecule has 128 valence electrons. The molecule has 0 spiro atoms. The molecule has 6 nitrogen and oxygen atoms in total. The number of urea groups is 1. The standard InChI is InChI=1S/C18H24N4O2/c1-13-9-20-22(11-13)12-14-5-7-16(8-6-14)21-18(24)19-10-15-3-2-4-17(15)23/h5-9,11,15,17,23H,2-4,10,12H2,1H3,(H2,19,21,24). The van der Waals surface area contributed by atoms with E-state index in [0.717, 1.165) is 36.1 Å². The molecule has 1 aliphatic carbocycles. The van der Waals surface area contributed by atoms with Crippen LogP contribution in [0, 0.1) is 12.8 Å². The minimum Gasteiger partial charge on any atom is -0.393 e. The number of carbonyl (C=O) groups is 1. The molecule has 0 bridgehead atoms. The summed E-state index contributed by atoms with van der Waals surface area (Å²) in [6.45, 7) is 3.24. The van der Waals surface area contributed by atoms with E-state index in [0.29, 0.717) is 13.1 Å². The predicted molar refractivity (Wildman–Crippen MR) is 92.9 cm³/mol. The lowest BCUT2D eigenvalue weighted by Gasteiger charge is -2.15. The lowest BCUT2D eigenvalue weighted by Crippen LogP contribution is -2.35. The van der Waals surface area contributed by atoms with Crippen LogP contribution in [0.5, 0.6) is 0 Å². The second kappa shape index (κ2) is 7.49. The summed E-state index contributed by atoms with van der Waals surface area (Å²) in [4.78, 5) is 11.9. The number of aromatic nitrogens is 2. The van der Waals surface area contributed by atoms with Crippen LogP contribution in [0.2, 0.25) is 0 Å². The summed E-state index contributed by atoms with van der Waals surface area (Å²) < 4.78 is 1.89. The first-order chi connectivity index (χ1) is 11.6. The van der Waals surface area contributed by atoms with Crippen molar-refractivity contribution in [2.75, 3.05) is 11.9 Å². The maximum Gasteiger partial charge on any atom is 0.319 e. The van der Waals surface area contributed by atoms with Crippen molar-refractivity contribution in [2.24, 2.45) is 5.92 Å². The van der Waals surface area contributed by atoms with Gasteiger partial charge in [0.05, 0.1) is 18.8 Å². The number of benzene rings is 1. The number of nitrogens with one attached hydrogen (secondary N) is 2. The Balaban J connectivity index is 1.47. The van der Waals surface area contributed by atoms with Crippen LogP contribution in [0.15, 0.2) is 36.7 Å². The SMILES string of the molecule is Cc1cnn(Cc2ccc(NC(=O)NCC3CCCC3O)cc2)c1. The van der Waals surface area contributed by atoms with Gasteiger partial charge < -0.3 is 15.7 Å². The van der Waals surface area contributed by atoms with Crippen LogP contribution in [0.1, 0.15) is 30.4 Å². The molecule has 3 N–H and O–H groups in total. The van der Waals surface area contributed by atoms with E-state index >= 15 is 0 Å². The third kappa shape index (κ3) is 4.35. The van der Waals surface area contributed by atoms with E-state index < -0.39 is 0 Å². The van der Waals surface area contributed by atoms with Crippen molar-refractivity contribution < 1.29 is 9.90 Å². The van der Waals surface area contributed by atoms with Crippen LogP contribution in [-0.4, -0.2) is 33.6 Å². The molecular weight excluding hydrogens is 304 g/mol. The Bertz CT molecular complexity index is 681. The van der Waals surface area contributed by atoms with Crippen molar-refractivity contribution in [1.82, 2.24) is 15.1 Å². The van der Waals surface area contributed by atoms with E-state index in [1.807, 2.05) is 48.3 Å². The van der Waals surface area contributed by atoms with Crippen molar-refractivity contribution in [3.05, 3.63) is 47.8 Å². The van der Waals surface area contributed by atoms with E-state index in [1.165, 1.54) is 0 Å². The zero-order chi connectivity index (χ0) is 16.9. The number of aliphatic hydroxyl groups excluding tert-OH is 1. The monoisotopic (exact) mass is 328 g/mol. The van der Waals surface area contributed by atoms with Gasteiger partial charge in [0.1, 0.15) is 0 Å². The minimum atomic E-state index is -0.282. The number of anilines is 1. The molecule has 0 radical (unpaired) electrons. The molecule has 1 fully saturated rings. The second-order valence-corrected chi connectivity index (χ2v) is 6.51. The third-order valence-electron chi connectivity index (χ3n) is 4.46. The van der Waals surface area contributed by atoms with Gasteiger partial charge in [-0.1, -0.05) is 18.6 Å². The van der Waals surface area contributed by atoms with E-state index in [2.05, 4.69) is 15.7 Å². The zero-order valence-corrected chi connectivity index (χ0v) is 13.9. The van der Waals surface area contributed by atoms with Crippen molar-refractivity contribution in [3.8, 4) is 0 Å². The number of carbonyl (C=O) groups excluding carboxylic acids is 1. The number of nitrogens with zero attached hydrogens (tertiary/aromatic N) is 2. The lowest BCUT2D eigenvalue weighted by molar-refractivity contribution is 0.133. The van der Waals surface area contributed by atoms with Crippen molar-refractivity contribution >= 4 is 11.7 Å². The maximum absolute atomic E-state index is 11.9. The molecule has 24 heavy (non-hydrogen) atoms. The number of hydrogen-bond donors (Lipinski definition) is 3. The van der Waals surface area contributed by atoms with E-state index in [-0.39, 0.29) is 18.1 Å². The Labute approximate surface area is 141 Å². The molecule has 2 amide bonds. The fourth-order valence-electron chi connectivity index (χ4n) is 3.09. The van der Waals surface area contributed by atoms with Gasteiger partial charge in [0.25, 0.3) is 0 Å². The number of amides is 2. The molecule has 1 saturated carbocycles. The smallest absolute Gasteiger partial charge is 0.319 e. The van der Waals surface area contributed by atoms with Gasteiger partial charge in [-0.15, -0.1) is 0 Å². The highest BCUT2D eigenvalue weighted by molar-refractivity contribution is 5.89. The molecule has 1 heterocycles. The Morgan fingerprint density at radius 2 is 2.12 bits per heavy atom. The summed E-state index contributed by atoms with van der Waals surface area (Å²) in [5, 5.41) is 19.7. The fraction of sp³-hybridized carbons (Fsp3) is 0.444. The quantitative estimate of drug-likeness (QED) is 0.789. The first-order valence-corrected chi connectivity index (χ1v) is 8.41. The normalized spacial score (nSPS) is 20.1. The molecule has 2 unspecified atom stereocenters. The molecule has 1 aromatic carbocycles. The Morgan fingerprint density at radius 1 is 1.33 bits per heavy atom. The molecule has 2 atom stereocenters. The minimum absolute atomic E-state index is 0.177. The van der Waals surface area contributed by atoms with Gasteiger partial charge in [0, 0.05) is 24.3 Å². The van der Waals surface area contributed by atoms with E-state index in [4.69, 9.17) is 0 Å². The van der Waals surface area contributed by atoms with Crippen molar-refractivity contribution in [1.29, 1.82) is 0 Å². The van der Waals surface area contributed by atoms with Crippen LogP contribution in [0.25, 0.3) is 0 Å². The number of aryl methyl sites for hydroxylation is 1. The average Bonchev–Trinajstić information content (AvgIpc) is 3.15. The van der Waals surface area contributed by atoms with Crippen molar-refractivity contribution in [2.45, 2.75) is 38.8 Å². The predicted octanol–water partition coefficient (Wildman–Crippen LogP) is 2.52. The first-order valence-electron chi connectivity index (χ1n) is 8.41. The average molecular weight is 328 g/mol. The molecule has 1 aromatic heterocycles. The molecule has 2 aromatic rings. The van der Waals surface area contributed by atoms with E-state index in [9.17, 15) is 9.90 Å². The molecule has 1 aliphatic rings. The highest BCUT2D eigenvalue weighted by Gasteiger charge is 2.25. The first kappa shape index (κ1) is 16.5. The van der Waals surface area contributed by atoms with Crippen LogP contribution in [-0.2, 0) is 6.54 Å². The Morgan fingerprint density at radius 3 is 2.75 bits per heavy atom. The third-order valence-corrected chi connectivity index (χ3v) is 4.46. The molecular formula is C18H24N4O2. The van der Waals surface area contributed by atoms with Gasteiger partial charge in [-0.3, -0.25) is 4.68 Å². The maximum atomic E-state index is 11.9. The molecule has 0 saturated heterocycles. The molecule has 3 rings (SSSR count). The van der Waals surface area contributed by atoms with E-state index in [1.54, 1.807) is 0 Å². The summed E-state index contributed by atoms with van der Waals surface area (Å²) in [5.41, 5.74) is 3.01. The zero-order valence-electron chi connectivity index (χ0n) is 13.9. The van der Waals surface area contributed by atoms with Crippen LogP contribution in [0.3, 0.4) is 0 Å². The highest BCUT2D eigenvalue weighted by atomic mass is 16.3. The fourth-order valence-corrected chi connectivity index (χ4v) is 3.09. The van der Waals surface area contributed by atoms with Crippen LogP contribution in [0.4, 0.5) is 10.5 Å². The van der Waals surface area contributed by atoms with Gasteiger partial charge in [0.15, 0.2) is 0 Å². The number of rotatable bonds is 5. The van der Waals surface area contributed by atoms with Gasteiger partial charge in [-0.2, -0.15) is 5.10 Å². The largest absolute Gasteiger partial charge is 0.393 e. The summed E-state index contributed by atoms with van der Waals surface area (Å²) in [6, 6.07) is 7.50. The van der Waals surface area contributed by atoms with Crippen LogP contribution < -0.4 is 10.6 Å². The topological polar surface area (TPSA) is 79.2 Å². The molecule has 0 aliphatic heterocycles. The van der Waals surface area contributed by atoms with Gasteiger partial charge in [0.2, 0.25) is 0 Å². The lowest BCUT2D eigenvalue weighted by atomic mass is 10.1. The second-order valence-electron chi connectivity index (χ2n) is 6.51.